The van der Waals surface area contributed by atoms with E-state index in [4.69, 9.17) is 19.7 Å². The molecule has 0 fully saturated rings. The number of rotatable bonds is 7. The summed E-state index contributed by atoms with van der Waals surface area (Å²) < 4.78 is 9.19. The van der Waals surface area contributed by atoms with E-state index in [-0.39, 0.29) is 5.56 Å². The second-order valence-electron chi connectivity index (χ2n) is 7.82. The molecule has 0 saturated heterocycles. The molecule has 2 aromatic carbocycles. The predicted molar refractivity (Wildman–Crippen MR) is 126 cm³/mol. The summed E-state index contributed by atoms with van der Waals surface area (Å²) >= 11 is 0. The van der Waals surface area contributed by atoms with E-state index in [2.05, 4.69) is 12.1 Å². The van der Waals surface area contributed by atoms with Crippen molar-refractivity contribution in [2.75, 3.05) is 13.2 Å². The first-order valence-corrected chi connectivity index (χ1v) is 10.9. The molecule has 0 unspecified atom stereocenters. The molecule has 3 aromatic heterocycles. The molecule has 162 valence electrons. The zero-order valence-electron chi connectivity index (χ0n) is 18.3. The molecule has 5 rings (SSSR count). The van der Waals surface area contributed by atoms with E-state index >= 15 is 0 Å². The van der Waals surface area contributed by atoms with E-state index in [0.29, 0.717) is 54.3 Å². The molecule has 5 aromatic rings. The number of aromatic nitrogens is 5. The van der Waals surface area contributed by atoms with Gasteiger partial charge in [0.25, 0.3) is 5.56 Å². The highest BCUT2D eigenvalue weighted by Gasteiger charge is 2.21. The highest BCUT2D eigenvalue weighted by atomic mass is 16.5. The molecule has 0 amide bonds. The normalized spacial score (nSPS) is 11.7. The van der Waals surface area contributed by atoms with E-state index in [1.54, 1.807) is 4.57 Å². The van der Waals surface area contributed by atoms with E-state index in [1.165, 1.54) is 0 Å². The zero-order chi connectivity index (χ0) is 22.1. The number of benzene rings is 2. The average Bonchev–Trinajstić information content (AvgIpc) is 3.10. The Morgan fingerprint density at radius 1 is 0.875 bits per heavy atom. The molecule has 0 radical (unpaired) electrons. The van der Waals surface area contributed by atoms with Crippen LogP contribution in [0.1, 0.15) is 24.7 Å². The van der Waals surface area contributed by atoms with Gasteiger partial charge in [-0.2, -0.15) is 0 Å². The molecule has 0 saturated carbocycles. The lowest BCUT2D eigenvalue weighted by Gasteiger charge is -2.11. The fourth-order valence-corrected chi connectivity index (χ4v) is 4.14. The molecule has 7 nitrogen and oxygen atoms in total. The fourth-order valence-electron chi connectivity index (χ4n) is 4.14. The maximum Gasteiger partial charge on any atom is 0.265 e. The van der Waals surface area contributed by atoms with Crippen molar-refractivity contribution in [3.8, 4) is 0 Å². The third-order valence-corrected chi connectivity index (χ3v) is 5.70. The Morgan fingerprint density at radius 3 is 2.34 bits per heavy atom. The number of fused-ring (bicyclic) bond motifs is 4. The molecule has 0 N–H and O–H groups in total. The fraction of sp³-hybridized carbons (Fsp3) is 0.280. The first-order chi connectivity index (χ1) is 15.7. The maximum atomic E-state index is 13.6. The van der Waals surface area contributed by atoms with E-state index in [9.17, 15) is 4.79 Å². The lowest BCUT2D eigenvalue weighted by atomic mass is 10.2. The van der Waals surface area contributed by atoms with Crippen LogP contribution in [0, 0.1) is 6.92 Å². The second-order valence-corrected chi connectivity index (χ2v) is 7.82. The third-order valence-electron chi connectivity index (χ3n) is 5.70. The maximum absolute atomic E-state index is 13.6. The monoisotopic (exact) mass is 427 g/mol. The molecule has 32 heavy (non-hydrogen) atoms. The van der Waals surface area contributed by atoms with Crippen molar-refractivity contribution in [2.24, 2.45) is 0 Å². The van der Waals surface area contributed by atoms with Crippen molar-refractivity contribution in [1.82, 2.24) is 24.1 Å². The Morgan fingerprint density at radius 2 is 1.59 bits per heavy atom. The van der Waals surface area contributed by atoms with E-state index in [1.807, 2.05) is 60.9 Å². The molecule has 0 bridgehead atoms. The summed E-state index contributed by atoms with van der Waals surface area (Å²) in [5, 5.41) is 0.524. The van der Waals surface area contributed by atoms with Crippen LogP contribution >= 0.6 is 0 Å². The van der Waals surface area contributed by atoms with Crippen LogP contribution in [-0.2, 0) is 17.8 Å². The van der Waals surface area contributed by atoms with Crippen molar-refractivity contribution in [3.63, 3.8) is 0 Å². The smallest absolute Gasteiger partial charge is 0.265 e. The van der Waals surface area contributed by atoms with Crippen molar-refractivity contribution >= 4 is 33.2 Å². The second kappa shape index (κ2) is 8.51. The number of aryl methyl sites for hydroxylation is 1. The van der Waals surface area contributed by atoms with Crippen molar-refractivity contribution < 1.29 is 4.74 Å². The summed E-state index contributed by atoms with van der Waals surface area (Å²) in [5.41, 5.74) is 4.51. The summed E-state index contributed by atoms with van der Waals surface area (Å²) in [6, 6.07) is 17.9. The summed E-state index contributed by atoms with van der Waals surface area (Å²) in [7, 11) is 0. The van der Waals surface area contributed by atoms with Crippen LogP contribution in [0.3, 0.4) is 0 Å². The van der Waals surface area contributed by atoms with Gasteiger partial charge in [-0.15, -0.1) is 0 Å². The summed E-state index contributed by atoms with van der Waals surface area (Å²) in [6.07, 6.45) is 0.749. The van der Waals surface area contributed by atoms with Crippen LogP contribution in [-0.4, -0.2) is 37.3 Å². The van der Waals surface area contributed by atoms with Crippen LogP contribution < -0.4 is 5.56 Å². The highest BCUT2D eigenvalue weighted by molar-refractivity contribution is 6.04. The Hall–Kier alpha value is -3.58. The van der Waals surface area contributed by atoms with Gasteiger partial charge in [0.15, 0.2) is 11.3 Å². The van der Waals surface area contributed by atoms with Gasteiger partial charge in [0.05, 0.1) is 17.6 Å². The summed E-state index contributed by atoms with van der Waals surface area (Å²) in [6.45, 7) is 6.24. The van der Waals surface area contributed by atoms with Gasteiger partial charge in [-0.25, -0.2) is 15.0 Å². The highest BCUT2D eigenvalue weighted by Crippen LogP contribution is 2.26. The minimum Gasteiger partial charge on any atom is -0.382 e. The SMILES string of the molecule is CCOCCCn1c(C)nc2c(c1=O)c1nc3ccccc3nc1n2Cc1ccccc1. The summed E-state index contributed by atoms with van der Waals surface area (Å²) in [4.78, 5) is 28.2. The first kappa shape index (κ1) is 20.3. The zero-order valence-corrected chi connectivity index (χ0v) is 18.3. The number of hydrogen-bond donors (Lipinski definition) is 0. The van der Waals surface area contributed by atoms with Gasteiger partial charge < -0.3 is 9.30 Å². The number of nitrogens with zero attached hydrogens (tertiary/aromatic N) is 5. The molecular formula is C25H25N5O2. The van der Waals surface area contributed by atoms with Gasteiger partial charge in [0, 0.05) is 19.8 Å². The lowest BCUT2D eigenvalue weighted by Crippen LogP contribution is -2.25. The van der Waals surface area contributed by atoms with Crippen LogP contribution in [0.25, 0.3) is 33.2 Å². The van der Waals surface area contributed by atoms with E-state index < -0.39 is 0 Å². The van der Waals surface area contributed by atoms with Gasteiger partial charge in [-0.05, 0) is 38.0 Å². The van der Waals surface area contributed by atoms with Gasteiger partial charge in [-0.1, -0.05) is 42.5 Å². The van der Waals surface area contributed by atoms with Gasteiger partial charge >= 0.3 is 0 Å². The molecule has 7 heteroatoms. The number of hydrogen-bond acceptors (Lipinski definition) is 5. The Kier molecular flexibility index (Phi) is 5.41. The predicted octanol–water partition coefficient (Wildman–Crippen LogP) is 4.08. The number of ether oxygens (including phenoxy) is 1. The lowest BCUT2D eigenvalue weighted by molar-refractivity contribution is 0.141. The molecule has 0 aliphatic carbocycles. The minimum atomic E-state index is -0.0783. The van der Waals surface area contributed by atoms with Crippen LogP contribution in [0.5, 0.6) is 0 Å². The van der Waals surface area contributed by atoms with Crippen molar-refractivity contribution in [1.29, 1.82) is 0 Å². The van der Waals surface area contributed by atoms with Crippen LogP contribution in [0.4, 0.5) is 0 Å². The standard InChI is InChI=1S/C25H25N5O2/c1-3-32-15-9-14-29-17(2)26-23-21(25(29)31)22-24(28-20-13-8-7-12-19(20)27-22)30(23)16-18-10-5-4-6-11-18/h4-8,10-13H,3,9,14-16H2,1-2H3. The van der Waals surface area contributed by atoms with Crippen LogP contribution in [0.2, 0.25) is 0 Å². The third kappa shape index (κ3) is 3.54. The van der Waals surface area contributed by atoms with Crippen LogP contribution in [0.15, 0.2) is 59.4 Å². The van der Waals surface area contributed by atoms with Crippen molar-refractivity contribution in [3.05, 3.63) is 76.3 Å². The first-order valence-electron chi connectivity index (χ1n) is 10.9. The van der Waals surface area contributed by atoms with Gasteiger partial charge in [-0.3, -0.25) is 9.36 Å². The molecular weight excluding hydrogens is 402 g/mol. The molecule has 3 heterocycles. The topological polar surface area (TPSA) is 74.8 Å². The largest absolute Gasteiger partial charge is 0.382 e. The summed E-state index contributed by atoms with van der Waals surface area (Å²) in [5.74, 6) is 0.681. The minimum absolute atomic E-state index is 0.0783. The molecule has 0 aliphatic rings. The van der Waals surface area contributed by atoms with Gasteiger partial charge in [0.2, 0.25) is 0 Å². The Labute approximate surface area is 185 Å². The van der Waals surface area contributed by atoms with Gasteiger partial charge in [0.1, 0.15) is 16.7 Å². The molecule has 0 aliphatic heterocycles. The quantitative estimate of drug-likeness (QED) is 0.366. The Bertz CT molecular complexity index is 1470. The Balaban J connectivity index is 1.76. The average molecular weight is 428 g/mol. The molecule has 0 spiro atoms. The van der Waals surface area contributed by atoms with Crippen molar-refractivity contribution in [2.45, 2.75) is 33.4 Å². The van der Waals surface area contributed by atoms with E-state index in [0.717, 1.165) is 23.0 Å². The molecule has 0 atom stereocenters. The number of para-hydroxylation sites is 2.